The van der Waals surface area contributed by atoms with Gasteiger partial charge in [0.1, 0.15) is 0 Å². The maximum Gasteiger partial charge on any atom is 0.0884 e. The molecular weight excluding hydrogens is 286 g/mol. The molecule has 4 nitrogen and oxygen atoms in total. The van der Waals surface area contributed by atoms with Gasteiger partial charge in [0, 0.05) is 11.0 Å². The van der Waals surface area contributed by atoms with Crippen molar-refractivity contribution in [2.24, 2.45) is 0 Å². The zero-order valence-electron chi connectivity index (χ0n) is 9.78. The summed E-state index contributed by atoms with van der Waals surface area (Å²) in [7, 11) is 0. The molecule has 0 aliphatic rings. The number of rotatable bonds is 6. The molecule has 0 aromatic heterocycles. The van der Waals surface area contributed by atoms with Gasteiger partial charge in [0.05, 0.1) is 25.4 Å². The van der Waals surface area contributed by atoms with Gasteiger partial charge in [-0.05, 0) is 24.1 Å². The van der Waals surface area contributed by atoms with Gasteiger partial charge in [-0.15, -0.1) is 0 Å². The summed E-state index contributed by atoms with van der Waals surface area (Å²) in [5, 5.41) is 30.5. The number of aliphatic hydroxyl groups is 3. The summed E-state index contributed by atoms with van der Waals surface area (Å²) in [6.45, 7) is 1.54. The van der Waals surface area contributed by atoms with Crippen LogP contribution in [0, 0.1) is 6.92 Å². The molecule has 0 unspecified atom stereocenters. The van der Waals surface area contributed by atoms with E-state index < -0.39 is 5.54 Å². The van der Waals surface area contributed by atoms with E-state index in [1.54, 1.807) is 0 Å². The van der Waals surface area contributed by atoms with E-state index in [2.05, 4.69) is 21.2 Å². The summed E-state index contributed by atoms with van der Waals surface area (Å²) in [5.74, 6) is 0. The maximum absolute atomic E-state index is 9.16. The van der Waals surface area contributed by atoms with Crippen molar-refractivity contribution in [3.8, 4) is 0 Å². The third kappa shape index (κ3) is 3.76. The van der Waals surface area contributed by atoms with Crippen molar-refractivity contribution in [1.29, 1.82) is 0 Å². The molecule has 4 N–H and O–H groups in total. The van der Waals surface area contributed by atoms with Crippen LogP contribution >= 0.6 is 15.9 Å². The molecule has 0 spiro atoms. The highest BCUT2D eigenvalue weighted by molar-refractivity contribution is 9.10. The highest BCUT2D eigenvalue weighted by Gasteiger charge is 2.26. The van der Waals surface area contributed by atoms with Crippen molar-refractivity contribution in [3.63, 3.8) is 0 Å². The van der Waals surface area contributed by atoms with Gasteiger partial charge in [0.2, 0.25) is 0 Å². The summed E-state index contributed by atoms with van der Waals surface area (Å²) in [6, 6.07) is 5.90. The van der Waals surface area contributed by atoms with Crippen LogP contribution in [0.25, 0.3) is 0 Å². The average Bonchev–Trinajstić information content (AvgIpc) is 2.36. The van der Waals surface area contributed by atoms with Crippen LogP contribution in [-0.2, 0) is 6.54 Å². The Hall–Kier alpha value is -0.460. The second-order valence-electron chi connectivity index (χ2n) is 4.19. The topological polar surface area (TPSA) is 72.7 Å². The van der Waals surface area contributed by atoms with Crippen molar-refractivity contribution in [2.75, 3.05) is 19.8 Å². The van der Waals surface area contributed by atoms with Gasteiger partial charge < -0.3 is 20.6 Å². The van der Waals surface area contributed by atoms with E-state index in [9.17, 15) is 0 Å². The minimum atomic E-state index is -1.03. The Morgan fingerprint density at radius 3 is 2.24 bits per heavy atom. The first-order valence-electron chi connectivity index (χ1n) is 5.39. The summed E-state index contributed by atoms with van der Waals surface area (Å²) in [5.41, 5.74) is 1.12. The first-order chi connectivity index (χ1) is 8.06. The van der Waals surface area contributed by atoms with Crippen LogP contribution in [0.3, 0.4) is 0 Å². The molecule has 0 bridgehead atoms. The fourth-order valence-electron chi connectivity index (χ4n) is 1.42. The molecule has 0 saturated carbocycles. The first kappa shape index (κ1) is 14.6. The minimum absolute atomic E-state index is 0.310. The Labute approximate surface area is 109 Å². The van der Waals surface area contributed by atoms with Gasteiger partial charge in [0.15, 0.2) is 0 Å². The lowest BCUT2D eigenvalue weighted by Gasteiger charge is -2.28. The number of nitrogens with one attached hydrogen (secondary N) is 1. The van der Waals surface area contributed by atoms with Crippen molar-refractivity contribution in [1.82, 2.24) is 5.32 Å². The monoisotopic (exact) mass is 303 g/mol. The Kier molecular flexibility index (Phi) is 5.55. The second-order valence-corrected chi connectivity index (χ2v) is 5.05. The third-order valence-corrected chi connectivity index (χ3v) is 3.69. The van der Waals surface area contributed by atoms with Crippen LogP contribution in [0.1, 0.15) is 11.1 Å². The van der Waals surface area contributed by atoms with Crippen LogP contribution < -0.4 is 5.32 Å². The zero-order chi connectivity index (χ0) is 12.9. The van der Waals surface area contributed by atoms with Crippen molar-refractivity contribution in [3.05, 3.63) is 33.8 Å². The Balaban J connectivity index is 2.68. The lowest BCUT2D eigenvalue weighted by atomic mass is 10.0. The van der Waals surface area contributed by atoms with Gasteiger partial charge in [0.25, 0.3) is 0 Å². The van der Waals surface area contributed by atoms with Crippen LogP contribution in [0.2, 0.25) is 0 Å². The highest BCUT2D eigenvalue weighted by atomic mass is 79.9. The van der Waals surface area contributed by atoms with Crippen LogP contribution in [0.5, 0.6) is 0 Å². The number of hydrogen-bond donors (Lipinski definition) is 4. The number of aryl methyl sites for hydroxylation is 1. The van der Waals surface area contributed by atoms with E-state index in [1.165, 1.54) is 0 Å². The van der Waals surface area contributed by atoms with Crippen LogP contribution in [0.15, 0.2) is 22.7 Å². The molecule has 5 heteroatoms. The van der Waals surface area contributed by atoms with E-state index in [-0.39, 0.29) is 19.8 Å². The molecule has 0 saturated heterocycles. The van der Waals surface area contributed by atoms with Gasteiger partial charge in [-0.1, -0.05) is 28.1 Å². The summed E-state index contributed by atoms with van der Waals surface area (Å²) < 4.78 is 1.04. The molecule has 0 amide bonds. The lowest BCUT2D eigenvalue weighted by molar-refractivity contribution is 0.0414. The number of aliphatic hydroxyl groups excluding tert-OH is 3. The summed E-state index contributed by atoms with van der Waals surface area (Å²) in [6.07, 6.45) is 0. The van der Waals surface area contributed by atoms with E-state index in [1.807, 2.05) is 25.1 Å². The predicted molar refractivity (Wildman–Crippen MR) is 69.7 cm³/mol. The standard InChI is InChI=1S/C12H18BrNO3/c1-9-4-10(2-3-11(9)13)5-14-12(6-15,7-16)8-17/h2-4,14-17H,5-8H2,1H3. The van der Waals surface area contributed by atoms with Gasteiger partial charge in [-0.3, -0.25) is 0 Å². The smallest absolute Gasteiger partial charge is 0.0884 e. The molecule has 0 fully saturated rings. The molecule has 0 aliphatic heterocycles. The maximum atomic E-state index is 9.16. The third-order valence-electron chi connectivity index (χ3n) is 2.80. The van der Waals surface area contributed by atoms with E-state index >= 15 is 0 Å². The van der Waals surface area contributed by atoms with E-state index in [0.29, 0.717) is 6.54 Å². The molecule has 0 heterocycles. The molecule has 96 valence electrons. The number of hydrogen-bond acceptors (Lipinski definition) is 4. The first-order valence-corrected chi connectivity index (χ1v) is 6.19. The lowest BCUT2D eigenvalue weighted by Crippen LogP contribution is -2.54. The van der Waals surface area contributed by atoms with Crippen molar-refractivity contribution in [2.45, 2.75) is 19.0 Å². The second kappa shape index (κ2) is 6.47. The molecule has 1 aromatic rings. The average molecular weight is 304 g/mol. The Morgan fingerprint density at radius 2 is 1.76 bits per heavy atom. The normalized spacial score (nSPS) is 11.8. The molecule has 0 radical (unpaired) electrons. The highest BCUT2D eigenvalue weighted by Crippen LogP contribution is 2.17. The van der Waals surface area contributed by atoms with Crippen LogP contribution in [0.4, 0.5) is 0 Å². The van der Waals surface area contributed by atoms with E-state index in [0.717, 1.165) is 15.6 Å². The van der Waals surface area contributed by atoms with E-state index in [4.69, 9.17) is 15.3 Å². The number of halogens is 1. The predicted octanol–water partition coefficient (Wildman–Crippen LogP) is 0.563. The summed E-state index contributed by atoms with van der Waals surface area (Å²) >= 11 is 3.42. The van der Waals surface area contributed by atoms with Gasteiger partial charge >= 0.3 is 0 Å². The molecule has 1 aromatic carbocycles. The van der Waals surface area contributed by atoms with Crippen molar-refractivity contribution >= 4 is 15.9 Å². The summed E-state index contributed by atoms with van der Waals surface area (Å²) in [4.78, 5) is 0. The molecular formula is C12H18BrNO3. The van der Waals surface area contributed by atoms with Gasteiger partial charge in [-0.25, -0.2) is 0 Å². The van der Waals surface area contributed by atoms with Crippen LogP contribution in [-0.4, -0.2) is 40.7 Å². The fourth-order valence-corrected chi connectivity index (χ4v) is 1.67. The minimum Gasteiger partial charge on any atom is -0.394 e. The molecule has 17 heavy (non-hydrogen) atoms. The quantitative estimate of drug-likeness (QED) is 0.620. The van der Waals surface area contributed by atoms with Gasteiger partial charge in [-0.2, -0.15) is 0 Å². The Bertz CT molecular complexity index is 359. The molecule has 0 atom stereocenters. The molecule has 0 aliphatic carbocycles. The number of benzene rings is 1. The van der Waals surface area contributed by atoms with Crippen molar-refractivity contribution < 1.29 is 15.3 Å². The zero-order valence-corrected chi connectivity index (χ0v) is 11.4. The largest absolute Gasteiger partial charge is 0.394 e. The SMILES string of the molecule is Cc1cc(CNC(CO)(CO)CO)ccc1Br. The molecule has 1 rings (SSSR count). The Morgan fingerprint density at radius 1 is 1.18 bits per heavy atom. The fraction of sp³-hybridized carbons (Fsp3) is 0.500.